The highest BCUT2D eigenvalue weighted by Crippen LogP contribution is 2.29. The van der Waals surface area contributed by atoms with E-state index in [1.54, 1.807) is 18.2 Å². The molecule has 0 bridgehead atoms. The molecule has 0 aliphatic rings. The topological polar surface area (TPSA) is 74.6 Å². The molecule has 92 valence electrons. The van der Waals surface area contributed by atoms with Gasteiger partial charge in [-0.2, -0.15) is 0 Å². The maximum atomic E-state index is 11.3. The van der Waals surface area contributed by atoms with Crippen LogP contribution >= 0.6 is 11.6 Å². The molecular formula is C12H13ClO4. The lowest BCUT2D eigenvalue weighted by atomic mass is 9.95. The quantitative estimate of drug-likeness (QED) is 0.786. The fraction of sp³-hybridized carbons (Fsp3) is 0.333. The van der Waals surface area contributed by atoms with Crippen molar-refractivity contribution in [3.63, 3.8) is 0 Å². The number of rotatable bonds is 5. The van der Waals surface area contributed by atoms with Gasteiger partial charge in [0.05, 0.1) is 13.0 Å². The van der Waals surface area contributed by atoms with Crippen LogP contribution in [0.1, 0.15) is 29.0 Å². The molecule has 1 rings (SSSR count). The molecule has 0 fully saturated rings. The third-order valence-corrected chi connectivity index (χ3v) is 2.93. The number of alkyl halides is 1. The Morgan fingerprint density at radius 2 is 1.94 bits per heavy atom. The van der Waals surface area contributed by atoms with Gasteiger partial charge in [0.25, 0.3) is 0 Å². The van der Waals surface area contributed by atoms with Gasteiger partial charge >= 0.3 is 5.97 Å². The Labute approximate surface area is 104 Å². The molecule has 0 radical (unpaired) electrons. The minimum absolute atomic E-state index is 0.223. The van der Waals surface area contributed by atoms with Gasteiger partial charge in [-0.3, -0.25) is 9.59 Å². The van der Waals surface area contributed by atoms with E-state index in [4.69, 9.17) is 16.7 Å². The van der Waals surface area contributed by atoms with Gasteiger partial charge in [0.2, 0.25) is 0 Å². The number of aliphatic hydroxyl groups is 1. The summed E-state index contributed by atoms with van der Waals surface area (Å²) in [5.41, 5.74) is 1.35. The molecule has 1 atom stereocenters. The molecule has 0 saturated carbocycles. The zero-order chi connectivity index (χ0) is 13.0. The van der Waals surface area contributed by atoms with Crippen molar-refractivity contribution in [2.45, 2.75) is 25.3 Å². The molecule has 17 heavy (non-hydrogen) atoms. The summed E-state index contributed by atoms with van der Waals surface area (Å²) in [5.74, 6) is -1.28. The normalized spacial score (nSPS) is 12.2. The van der Waals surface area contributed by atoms with Crippen molar-refractivity contribution in [1.82, 2.24) is 0 Å². The van der Waals surface area contributed by atoms with Gasteiger partial charge in [0.1, 0.15) is 5.38 Å². The van der Waals surface area contributed by atoms with Gasteiger partial charge in [-0.25, -0.2) is 0 Å². The average Bonchev–Trinajstić information content (AvgIpc) is 2.26. The summed E-state index contributed by atoms with van der Waals surface area (Å²) >= 11 is 5.96. The van der Waals surface area contributed by atoms with Crippen LogP contribution in [0.2, 0.25) is 0 Å². The van der Waals surface area contributed by atoms with Crippen LogP contribution in [0.25, 0.3) is 0 Å². The summed E-state index contributed by atoms with van der Waals surface area (Å²) in [4.78, 5) is 22.0. The van der Waals surface area contributed by atoms with Crippen molar-refractivity contribution in [1.29, 1.82) is 0 Å². The summed E-state index contributed by atoms with van der Waals surface area (Å²) in [6, 6.07) is 4.86. The van der Waals surface area contributed by atoms with E-state index >= 15 is 0 Å². The SMILES string of the molecule is CC(=O)C(Cl)c1c(CO)cccc1CC(=O)O. The zero-order valence-corrected chi connectivity index (χ0v) is 10.1. The first-order chi connectivity index (χ1) is 7.97. The van der Waals surface area contributed by atoms with Gasteiger partial charge in [0, 0.05) is 0 Å². The molecular weight excluding hydrogens is 244 g/mol. The van der Waals surface area contributed by atoms with Gasteiger partial charge < -0.3 is 10.2 Å². The van der Waals surface area contributed by atoms with Crippen LogP contribution in [0, 0.1) is 0 Å². The smallest absolute Gasteiger partial charge is 0.307 e. The number of ketones is 1. The number of carboxylic acids is 1. The number of aliphatic hydroxyl groups excluding tert-OH is 1. The fourth-order valence-corrected chi connectivity index (χ4v) is 1.93. The van der Waals surface area contributed by atoms with E-state index in [1.807, 2.05) is 0 Å². The molecule has 0 aromatic heterocycles. The molecule has 0 aliphatic heterocycles. The number of carbonyl (C=O) groups excluding carboxylic acids is 1. The molecule has 0 heterocycles. The lowest BCUT2D eigenvalue weighted by molar-refractivity contribution is -0.136. The Morgan fingerprint density at radius 1 is 1.35 bits per heavy atom. The molecule has 1 aromatic rings. The summed E-state index contributed by atoms with van der Waals surface area (Å²) in [7, 11) is 0. The van der Waals surface area contributed by atoms with E-state index in [2.05, 4.69) is 0 Å². The van der Waals surface area contributed by atoms with E-state index in [1.165, 1.54) is 6.92 Å². The van der Waals surface area contributed by atoms with E-state index < -0.39 is 11.3 Å². The number of carbonyl (C=O) groups is 2. The number of halogens is 1. The highest BCUT2D eigenvalue weighted by atomic mass is 35.5. The maximum Gasteiger partial charge on any atom is 0.307 e. The largest absolute Gasteiger partial charge is 0.481 e. The minimum atomic E-state index is -1.01. The Bertz CT molecular complexity index is 442. The number of benzene rings is 1. The molecule has 1 aromatic carbocycles. The van der Waals surface area contributed by atoms with Crippen molar-refractivity contribution < 1.29 is 19.8 Å². The fourth-order valence-electron chi connectivity index (χ4n) is 1.65. The van der Waals surface area contributed by atoms with E-state index in [0.29, 0.717) is 16.7 Å². The van der Waals surface area contributed by atoms with Crippen LogP contribution in [0.4, 0.5) is 0 Å². The highest BCUT2D eigenvalue weighted by Gasteiger charge is 2.21. The van der Waals surface area contributed by atoms with Crippen LogP contribution < -0.4 is 0 Å². The van der Waals surface area contributed by atoms with Crippen molar-refractivity contribution in [3.05, 3.63) is 34.9 Å². The first-order valence-corrected chi connectivity index (χ1v) is 5.48. The standard InChI is InChI=1S/C12H13ClO4/c1-7(15)12(13)11-8(5-10(16)17)3-2-4-9(11)6-14/h2-4,12,14H,5-6H2,1H3,(H,16,17). The summed E-state index contributed by atoms with van der Waals surface area (Å²) in [5, 5.41) is 17.1. The van der Waals surface area contributed by atoms with Crippen LogP contribution in [0.5, 0.6) is 0 Å². The van der Waals surface area contributed by atoms with E-state index in [9.17, 15) is 14.7 Å². The summed E-state index contributed by atoms with van der Waals surface area (Å²) in [6.45, 7) is 1.05. The molecule has 2 N–H and O–H groups in total. The van der Waals surface area contributed by atoms with E-state index in [0.717, 1.165) is 0 Å². The van der Waals surface area contributed by atoms with Gasteiger partial charge in [-0.15, -0.1) is 11.6 Å². The second kappa shape index (κ2) is 5.80. The summed E-state index contributed by atoms with van der Waals surface area (Å²) < 4.78 is 0. The Balaban J connectivity index is 3.29. The van der Waals surface area contributed by atoms with Crippen LogP contribution in [-0.4, -0.2) is 22.0 Å². The maximum absolute atomic E-state index is 11.3. The van der Waals surface area contributed by atoms with E-state index in [-0.39, 0.29) is 18.8 Å². The Hall–Kier alpha value is -1.39. The number of Topliss-reactive ketones (excluding diaryl/α,β-unsaturated/α-hetero) is 1. The molecule has 0 aliphatic carbocycles. The van der Waals surface area contributed by atoms with Crippen molar-refractivity contribution >= 4 is 23.4 Å². The Morgan fingerprint density at radius 3 is 2.41 bits per heavy atom. The number of carboxylic acid groups (broad SMARTS) is 1. The summed E-state index contributed by atoms with van der Waals surface area (Å²) in [6.07, 6.45) is -0.223. The van der Waals surface area contributed by atoms with Crippen molar-refractivity contribution in [2.75, 3.05) is 0 Å². The molecule has 0 spiro atoms. The molecule has 0 amide bonds. The predicted octanol–water partition coefficient (Wildman–Crippen LogP) is 1.67. The van der Waals surface area contributed by atoms with Crippen LogP contribution in [0.3, 0.4) is 0 Å². The molecule has 4 nitrogen and oxygen atoms in total. The lowest BCUT2D eigenvalue weighted by Gasteiger charge is -2.15. The molecule has 1 unspecified atom stereocenters. The van der Waals surface area contributed by atoms with Crippen LogP contribution in [0.15, 0.2) is 18.2 Å². The van der Waals surface area contributed by atoms with Gasteiger partial charge in [0.15, 0.2) is 5.78 Å². The second-order valence-corrected chi connectivity index (χ2v) is 4.13. The monoisotopic (exact) mass is 256 g/mol. The first-order valence-electron chi connectivity index (χ1n) is 5.05. The zero-order valence-electron chi connectivity index (χ0n) is 9.31. The molecule has 0 saturated heterocycles. The minimum Gasteiger partial charge on any atom is -0.481 e. The Kier molecular flexibility index (Phi) is 4.66. The number of aliphatic carboxylic acids is 1. The number of hydrogen-bond acceptors (Lipinski definition) is 3. The first kappa shape index (κ1) is 13.7. The van der Waals surface area contributed by atoms with Crippen molar-refractivity contribution in [2.24, 2.45) is 0 Å². The third kappa shape index (κ3) is 3.28. The van der Waals surface area contributed by atoms with Crippen LogP contribution in [-0.2, 0) is 22.6 Å². The van der Waals surface area contributed by atoms with Crippen molar-refractivity contribution in [3.8, 4) is 0 Å². The average molecular weight is 257 g/mol. The van der Waals surface area contributed by atoms with Gasteiger partial charge in [-0.05, 0) is 23.6 Å². The highest BCUT2D eigenvalue weighted by molar-refractivity contribution is 6.31. The second-order valence-electron chi connectivity index (χ2n) is 3.69. The predicted molar refractivity (Wildman–Crippen MR) is 63.0 cm³/mol. The van der Waals surface area contributed by atoms with Gasteiger partial charge in [-0.1, -0.05) is 18.2 Å². The third-order valence-electron chi connectivity index (χ3n) is 2.41. The molecule has 5 heteroatoms. The lowest BCUT2D eigenvalue weighted by Crippen LogP contribution is -2.12. The number of hydrogen-bond donors (Lipinski definition) is 2.